The van der Waals surface area contributed by atoms with Crippen LogP contribution in [0.5, 0.6) is 5.75 Å². The number of hydrogen-bond donors (Lipinski definition) is 2. The van der Waals surface area contributed by atoms with Gasteiger partial charge in [-0.1, -0.05) is 42.5 Å². The first-order valence-corrected chi connectivity index (χ1v) is 14.8. The molecule has 6 rings (SSSR count). The summed E-state index contributed by atoms with van der Waals surface area (Å²) in [6.07, 6.45) is 7.14. The van der Waals surface area contributed by atoms with Crippen LogP contribution in [0.2, 0.25) is 0 Å². The Morgan fingerprint density at radius 3 is 2.33 bits per heavy atom. The molecule has 3 heterocycles. The minimum atomic E-state index is -1.25. The van der Waals surface area contributed by atoms with Gasteiger partial charge in [0.05, 0.1) is 23.1 Å². The summed E-state index contributed by atoms with van der Waals surface area (Å²) in [5, 5.41) is 27.3. The van der Waals surface area contributed by atoms with Crippen LogP contribution < -0.4 is 0 Å². The zero-order chi connectivity index (χ0) is 31.3. The van der Waals surface area contributed by atoms with E-state index in [1.165, 1.54) is 18.2 Å². The summed E-state index contributed by atoms with van der Waals surface area (Å²) in [7, 11) is 0. The third-order valence-corrected chi connectivity index (χ3v) is 8.13. The Hall–Kier alpha value is -4.64. The number of rotatable bonds is 8. The number of benzene rings is 3. The van der Waals surface area contributed by atoms with Gasteiger partial charge in [0.25, 0.3) is 0 Å². The quantitative estimate of drug-likeness (QED) is 0.119. The summed E-state index contributed by atoms with van der Waals surface area (Å²) in [6.45, 7) is 4.28. The Balaban J connectivity index is 0.00000417. The first kappa shape index (κ1) is 32.7. The molecule has 1 aliphatic heterocycles. The molecular weight excluding hydrogens is 591 g/mol. The van der Waals surface area contributed by atoms with Gasteiger partial charge < -0.3 is 19.7 Å². The Morgan fingerprint density at radius 1 is 0.935 bits per heavy atom. The van der Waals surface area contributed by atoms with Crippen LogP contribution in [0.3, 0.4) is 0 Å². The SMILES string of the molecule is Cc1nc2cnccc2n1CC1CCN(C(=O)C=C(c2ccccc2)c2ccc(N=Nc3ccc(O)c(C(=O)O)c3)cc2)CC1.[NaH]. The van der Waals surface area contributed by atoms with Crippen LogP contribution >= 0.6 is 0 Å². The maximum absolute atomic E-state index is 13.6. The average molecular weight is 625 g/mol. The van der Waals surface area contributed by atoms with Crippen LogP contribution in [0.1, 0.15) is 40.2 Å². The van der Waals surface area contributed by atoms with E-state index >= 15 is 0 Å². The Kier molecular flexibility index (Phi) is 10.4. The molecule has 0 radical (unpaired) electrons. The number of aromatic hydroxyl groups is 1. The van der Waals surface area contributed by atoms with Crippen LogP contribution in [0.4, 0.5) is 11.4 Å². The molecule has 0 spiro atoms. The van der Waals surface area contributed by atoms with Gasteiger partial charge in [-0.2, -0.15) is 10.2 Å². The molecule has 0 aliphatic carbocycles. The van der Waals surface area contributed by atoms with Crippen molar-refractivity contribution in [1.82, 2.24) is 19.4 Å². The molecule has 2 aromatic heterocycles. The van der Waals surface area contributed by atoms with Crippen LogP contribution in [0, 0.1) is 12.8 Å². The molecule has 1 aliphatic rings. The maximum atomic E-state index is 13.6. The number of hydrogen-bond acceptors (Lipinski definition) is 7. The zero-order valence-electron chi connectivity index (χ0n) is 24.7. The second-order valence-corrected chi connectivity index (χ2v) is 11.1. The Morgan fingerprint density at radius 2 is 1.61 bits per heavy atom. The van der Waals surface area contributed by atoms with Crippen molar-refractivity contribution in [2.24, 2.45) is 16.1 Å². The molecule has 228 valence electrons. The van der Waals surface area contributed by atoms with Crippen molar-refractivity contribution >= 4 is 69.4 Å². The van der Waals surface area contributed by atoms with Crippen LogP contribution in [0.25, 0.3) is 16.6 Å². The summed E-state index contributed by atoms with van der Waals surface area (Å²) in [6, 6.07) is 23.2. The van der Waals surface area contributed by atoms with Gasteiger partial charge in [0.2, 0.25) is 5.91 Å². The molecule has 3 aromatic carbocycles. The fourth-order valence-electron chi connectivity index (χ4n) is 5.67. The molecule has 1 fully saturated rings. The van der Waals surface area contributed by atoms with Crippen molar-refractivity contribution in [3.63, 3.8) is 0 Å². The fourth-order valence-corrected chi connectivity index (χ4v) is 5.67. The Bertz CT molecular complexity index is 1910. The molecule has 10 nitrogen and oxygen atoms in total. The second-order valence-electron chi connectivity index (χ2n) is 11.1. The molecule has 0 unspecified atom stereocenters. The third-order valence-electron chi connectivity index (χ3n) is 8.13. The number of nitrogens with zero attached hydrogens (tertiary/aromatic N) is 6. The third kappa shape index (κ3) is 7.42. The number of imidazole rings is 1. The summed E-state index contributed by atoms with van der Waals surface area (Å²) >= 11 is 0. The zero-order valence-corrected chi connectivity index (χ0v) is 24.7. The number of aromatic carboxylic acids is 1. The average Bonchev–Trinajstić information content (AvgIpc) is 3.38. The molecule has 11 heteroatoms. The molecule has 2 N–H and O–H groups in total. The molecule has 1 saturated heterocycles. The molecule has 1 amide bonds. The van der Waals surface area contributed by atoms with Crippen molar-refractivity contribution in [3.8, 4) is 5.75 Å². The second kappa shape index (κ2) is 14.6. The van der Waals surface area contributed by atoms with Crippen LogP contribution in [-0.2, 0) is 11.3 Å². The standard InChI is InChI=1S/C35H32N6O4.Na.H/c1-23-37-31-21-36-16-13-32(31)41(23)22-24-14-17-40(18-15-24)34(43)20-29(25-5-3-2-4-6-25)26-7-9-27(10-8-26)38-39-28-11-12-33(42)30(19-28)35(44)45;;/h2-13,16,19-21,24,42H,14-15,17-18,22H2,1H3,(H,44,45);;. The van der Waals surface area contributed by atoms with Gasteiger partial charge in [-0.3, -0.25) is 9.78 Å². The van der Waals surface area contributed by atoms with E-state index in [1.807, 2.05) is 60.4 Å². The van der Waals surface area contributed by atoms with Gasteiger partial charge >= 0.3 is 35.5 Å². The molecule has 5 aromatic rings. The van der Waals surface area contributed by atoms with Crippen molar-refractivity contribution < 1.29 is 19.8 Å². The first-order valence-electron chi connectivity index (χ1n) is 14.8. The number of carboxylic acid groups (broad SMARTS) is 1. The minimum absolute atomic E-state index is 0. The topological polar surface area (TPSA) is 133 Å². The number of aromatic nitrogens is 3. The van der Waals surface area contributed by atoms with Gasteiger partial charge in [-0.25, -0.2) is 9.78 Å². The number of carbonyl (C=O) groups is 2. The van der Waals surface area contributed by atoms with E-state index in [1.54, 1.807) is 30.6 Å². The van der Waals surface area contributed by atoms with Crippen LogP contribution in [-0.4, -0.2) is 84.2 Å². The van der Waals surface area contributed by atoms with E-state index in [4.69, 9.17) is 0 Å². The predicted octanol–water partition coefficient (Wildman–Crippen LogP) is 6.28. The van der Waals surface area contributed by atoms with Gasteiger partial charge in [0.1, 0.15) is 22.7 Å². The molecule has 46 heavy (non-hydrogen) atoms. The molecular formula is C35H33N6NaO4. The number of aryl methyl sites for hydroxylation is 1. The summed E-state index contributed by atoms with van der Waals surface area (Å²) in [5.41, 5.74) is 5.22. The number of fused-ring (bicyclic) bond motifs is 1. The molecule has 0 saturated carbocycles. The van der Waals surface area contributed by atoms with Gasteiger partial charge in [-0.05, 0) is 78.8 Å². The number of pyridine rings is 1. The summed E-state index contributed by atoms with van der Waals surface area (Å²) in [4.78, 5) is 35.6. The fraction of sp³-hybridized carbons (Fsp3) is 0.200. The van der Waals surface area contributed by atoms with Gasteiger partial charge in [0, 0.05) is 31.9 Å². The number of likely N-dealkylation sites (tertiary alicyclic amines) is 1. The van der Waals surface area contributed by atoms with Crippen molar-refractivity contribution in [3.05, 3.63) is 120 Å². The molecule has 0 bridgehead atoms. The number of carbonyl (C=O) groups excluding carboxylic acids is 1. The number of azo groups is 1. The number of carboxylic acids is 1. The Labute approximate surface area is 288 Å². The van der Waals surface area contributed by atoms with Crippen molar-refractivity contribution in [2.75, 3.05) is 13.1 Å². The van der Waals surface area contributed by atoms with Gasteiger partial charge in [-0.15, -0.1) is 0 Å². The summed E-state index contributed by atoms with van der Waals surface area (Å²) in [5.74, 6) is -0.166. The number of amides is 1. The number of piperidine rings is 1. The van der Waals surface area contributed by atoms with E-state index in [0.29, 0.717) is 30.4 Å². The first-order chi connectivity index (χ1) is 21.9. The molecule has 0 atom stereocenters. The van der Waals surface area contributed by atoms with E-state index in [9.17, 15) is 19.8 Å². The monoisotopic (exact) mass is 624 g/mol. The van der Waals surface area contributed by atoms with E-state index in [2.05, 4.69) is 24.8 Å². The van der Waals surface area contributed by atoms with Crippen LogP contribution in [0.15, 0.2) is 108 Å². The summed E-state index contributed by atoms with van der Waals surface area (Å²) < 4.78 is 2.26. The number of phenols is 1. The van der Waals surface area contributed by atoms with E-state index in [-0.39, 0.29) is 46.8 Å². The van der Waals surface area contributed by atoms with E-state index in [0.717, 1.165) is 52.9 Å². The van der Waals surface area contributed by atoms with E-state index < -0.39 is 5.97 Å². The van der Waals surface area contributed by atoms with Crippen molar-refractivity contribution in [2.45, 2.75) is 26.3 Å². The normalized spacial score (nSPS) is 14.0. The predicted molar refractivity (Wildman–Crippen MR) is 178 cm³/mol. The van der Waals surface area contributed by atoms with Crippen molar-refractivity contribution in [1.29, 1.82) is 0 Å². The van der Waals surface area contributed by atoms with Gasteiger partial charge in [0.15, 0.2) is 0 Å².